The Kier molecular flexibility index (Phi) is 9.68. The van der Waals surface area contributed by atoms with Gasteiger partial charge >= 0.3 is 0 Å². The molecule has 0 nitrogen and oxygen atoms in total. The minimum absolute atomic E-state index is 0.348. The molecule has 0 aromatic carbocycles. The molecule has 0 radical (unpaired) electrons. The minimum atomic E-state index is 0.348. The van der Waals surface area contributed by atoms with Gasteiger partial charge in [-0.3, -0.25) is 0 Å². The molecule has 0 aliphatic heterocycles. The highest BCUT2D eigenvalue weighted by Gasteiger charge is 2.14. The van der Waals surface area contributed by atoms with Gasteiger partial charge in [0, 0.05) is 27.8 Å². The molecule has 0 fully saturated rings. The molecular weight excluding hydrogens is 232 g/mol. The van der Waals surface area contributed by atoms with Crippen LogP contribution in [0.15, 0.2) is 0 Å². The van der Waals surface area contributed by atoms with E-state index in [1.165, 1.54) is 0 Å². The lowest BCUT2D eigenvalue weighted by Gasteiger charge is -2.18. The average molecular weight is 247 g/mol. The van der Waals surface area contributed by atoms with E-state index in [1.54, 1.807) is 0 Å². The van der Waals surface area contributed by atoms with Crippen LogP contribution in [0.2, 0.25) is 0 Å². The quantitative estimate of drug-likeness (QED) is 0.521. The fourth-order valence-electron chi connectivity index (χ4n) is 0.607. The Morgan fingerprint density at radius 3 is 2.09 bits per heavy atom. The van der Waals surface area contributed by atoms with Gasteiger partial charge in [-0.2, -0.15) is 62.3 Å². The van der Waals surface area contributed by atoms with Crippen molar-refractivity contribution in [1.82, 2.24) is 0 Å². The summed E-state index contributed by atoms with van der Waals surface area (Å²) in [5.41, 5.74) is 0. The van der Waals surface area contributed by atoms with E-state index in [0.717, 1.165) is 23.0 Å². The predicted molar refractivity (Wildman–Crippen MR) is 70.6 cm³/mol. The summed E-state index contributed by atoms with van der Waals surface area (Å²) in [5, 5.41) is 0.854. The van der Waals surface area contributed by atoms with Gasteiger partial charge in [-0.25, -0.2) is 0 Å². The fraction of sp³-hybridized carbons (Fsp3) is 1.00. The number of thiol groups is 4. The Morgan fingerprint density at radius 1 is 1.09 bits per heavy atom. The van der Waals surface area contributed by atoms with Crippen molar-refractivity contribution in [2.45, 2.75) is 10.5 Å². The van der Waals surface area contributed by atoms with E-state index in [9.17, 15) is 0 Å². The molecule has 68 valence electrons. The molecule has 2 unspecified atom stereocenters. The van der Waals surface area contributed by atoms with Crippen LogP contribution in [0, 0.1) is 0 Å². The van der Waals surface area contributed by atoms with Crippen LogP contribution in [-0.2, 0) is 0 Å². The topological polar surface area (TPSA) is 0 Å². The van der Waals surface area contributed by atoms with Crippen LogP contribution in [0.25, 0.3) is 0 Å². The zero-order chi connectivity index (χ0) is 8.69. The molecular formula is C6H14S5. The van der Waals surface area contributed by atoms with Crippen LogP contribution in [-0.4, -0.2) is 33.5 Å². The maximum absolute atomic E-state index is 4.41. The van der Waals surface area contributed by atoms with Crippen molar-refractivity contribution in [3.63, 3.8) is 0 Å². The average Bonchev–Trinajstić information content (AvgIpc) is 2.05. The second-order valence-corrected chi connectivity index (χ2v) is 5.25. The van der Waals surface area contributed by atoms with Gasteiger partial charge < -0.3 is 0 Å². The van der Waals surface area contributed by atoms with E-state index in [1.807, 2.05) is 11.8 Å². The van der Waals surface area contributed by atoms with Crippen molar-refractivity contribution in [1.29, 1.82) is 0 Å². The second kappa shape index (κ2) is 8.35. The molecule has 0 aliphatic carbocycles. The first-order valence-electron chi connectivity index (χ1n) is 3.38. The number of thioether (sulfide) groups is 1. The monoisotopic (exact) mass is 246 g/mol. The molecule has 0 aliphatic rings. The molecule has 0 heterocycles. The maximum Gasteiger partial charge on any atom is 0.0260 e. The van der Waals surface area contributed by atoms with Crippen molar-refractivity contribution in [2.75, 3.05) is 23.0 Å². The Balaban J connectivity index is 3.56. The SMILES string of the molecule is SCCSC(CS)C(S)CS. The number of hydrogen-bond donors (Lipinski definition) is 4. The molecule has 0 amide bonds. The molecule has 0 aromatic rings. The molecule has 2 atom stereocenters. The summed E-state index contributed by atoms with van der Waals surface area (Å²) in [6.07, 6.45) is 0. The van der Waals surface area contributed by atoms with Crippen molar-refractivity contribution in [3.8, 4) is 0 Å². The summed E-state index contributed by atoms with van der Waals surface area (Å²) >= 11 is 18.9. The van der Waals surface area contributed by atoms with Crippen LogP contribution in [0.4, 0.5) is 0 Å². The normalized spacial score (nSPS) is 16.4. The molecule has 5 heteroatoms. The van der Waals surface area contributed by atoms with Gasteiger partial charge in [0.15, 0.2) is 0 Å². The molecule has 0 aromatic heterocycles. The third-order valence-corrected chi connectivity index (χ3v) is 5.17. The van der Waals surface area contributed by atoms with Gasteiger partial charge in [-0.1, -0.05) is 0 Å². The van der Waals surface area contributed by atoms with Crippen LogP contribution < -0.4 is 0 Å². The summed E-state index contributed by atoms with van der Waals surface area (Å²) in [6, 6.07) is 0. The zero-order valence-electron chi connectivity index (χ0n) is 6.18. The lowest BCUT2D eigenvalue weighted by molar-refractivity contribution is 0.961. The molecule has 11 heavy (non-hydrogen) atoms. The van der Waals surface area contributed by atoms with Crippen molar-refractivity contribution in [2.24, 2.45) is 0 Å². The molecule has 0 saturated heterocycles. The summed E-state index contributed by atoms with van der Waals surface area (Å²) in [6.45, 7) is 0. The van der Waals surface area contributed by atoms with Gasteiger partial charge in [0.1, 0.15) is 0 Å². The zero-order valence-corrected chi connectivity index (χ0v) is 10.6. The highest BCUT2D eigenvalue weighted by molar-refractivity contribution is 8.02. The van der Waals surface area contributed by atoms with Crippen LogP contribution in [0.5, 0.6) is 0 Å². The minimum Gasteiger partial charge on any atom is -0.179 e. The Hall–Kier alpha value is 1.75. The smallest absolute Gasteiger partial charge is 0.0260 e. The third-order valence-electron chi connectivity index (χ3n) is 1.22. The molecule has 0 saturated carbocycles. The lowest BCUT2D eigenvalue weighted by atomic mass is 10.3. The van der Waals surface area contributed by atoms with Crippen molar-refractivity contribution < 1.29 is 0 Å². The van der Waals surface area contributed by atoms with E-state index < -0.39 is 0 Å². The van der Waals surface area contributed by atoms with Gasteiger partial charge in [-0.05, 0) is 5.75 Å². The fourth-order valence-corrected chi connectivity index (χ4v) is 3.25. The first-order chi connectivity index (χ1) is 5.26. The summed E-state index contributed by atoms with van der Waals surface area (Å²) in [4.78, 5) is 0. The Morgan fingerprint density at radius 2 is 1.73 bits per heavy atom. The summed E-state index contributed by atoms with van der Waals surface area (Å²) < 4.78 is 0. The summed E-state index contributed by atoms with van der Waals surface area (Å²) in [5.74, 6) is 3.67. The third kappa shape index (κ3) is 5.91. The van der Waals surface area contributed by atoms with E-state index >= 15 is 0 Å². The van der Waals surface area contributed by atoms with Crippen LogP contribution >= 0.6 is 62.3 Å². The van der Waals surface area contributed by atoms with Crippen LogP contribution in [0.3, 0.4) is 0 Å². The van der Waals surface area contributed by atoms with Gasteiger partial charge in [-0.15, -0.1) is 0 Å². The number of rotatable bonds is 6. The van der Waals surface area contributed by atoms with Gasteiger partial charge in [0.05, 0.1) is 0 Å². The predicted octanol–water partition coefficient (Wildman–Crippen LogP) is 2.18. The van der Waals surface area contributed by atoms with Crippen molar-refractivity contribution in [3.05, 3.63) is 0 Å². The first-order valence-corrected chi connectivity index (χ1v) is 6.84. The molecule has 0 bridgehead atoms. The summed E-state index contributed by atoms with van der Waals surface area (Å²) in [7, 11) is 0. The first kappa shape index (κ1) is 12.8. The lowest BCUT2D eigenvalue weighted by Crippen LogP contribution is -2.21. The second-order valence-electron chi connectivity index (χ2n) is 2.07. The Labute approximate surface area is 95.3 Å². The van der Waals surface area contributed by atoms with E-state index in [4.69, 9.17) is 0 Å². The van der Waals surface area contributed by atoms with E-state index in [2.05, 4.69) is 50.5 Å². The maximum atomic E-state index is 4.41. The molecule has 0 N–H and O–H groups in total. The molecule has 0 rings (SSSR count). The van der Waals surface area contributed by atoms with E-state index in [0.29, 0.717) is 10.5 Å². The number of hydrogen-bond acceptors (Lipinski definition) is 5. The van der Waals surface area contributed by atoms with Gasteiger partial charge in [0.25, 0.3) is 0 Å². The standard InChI is InChI=1S/C6H14S5/c7-1-2-11-6(4-9)5(10)3-8/h5-10H,1-4H2. The van der Waals surface area contributed by atoms with Crippen LogP contribution in [0.1, 0.15) is 0 Å². The molecule has 0 spiro atoms. The van der Waals surface area contributed by atoms with Crippen molar-refractivity contribution >= 4 is 62.3 Å². The highest BCUT2D eigenvalue weighted by Crippen LogP contribution is 2.20. The van der Waals surface area contributed by atoms with E-state index in [-0.39, 0.29) is 0 Å². The highest BCUT2D eigenvalue weighted by atomic mass is 32.2. The largest absolute Gasteiger partial charge is 0.179 e. The van der Waals surface area contributed by atoms with Gasteiger partial charge in [0.2, 0.25) is 0 Å². The Bertz CT molecular complexity index is 87.0.